The van der Waals surface area contributed by atoms with Crippen molar-refractivity contribution in [2.45, 2.75) is 20.0 Å². The Kier molecular flexibility index (Phi) is 6.91. The van der Waals surface area contributed by atoms with Gasteiger partial charge in [0.05, 0.1) is 12.8 Å². The van der Waals surface area contributed by atoms with Gasteiger partial charge < -0.3 is 9.47 Å². The number of urea groups is 1. The maximum atomic E-state index is 13.5. The number of para-hydroxylation sites is 1. The van der Waals surface area contributed by atoms with Gasteiger partial charge in [-0.25, -0.2) is 9.69 Å². The summed E-state index contributed by atoms with van der Waals surface area (Å²) in [6.07, 6.45) is 2.06. The fourth-order valence-electron chi connectivity index (χ4n) is 4.52. The molecule has 5 rings (SSSR count). The van der Waals surface area contributed by atoms with E-state index in [1.54, 1.807) is 37.4 Å². The zero-order valence-corrected chi connectivity index (χ0v) is 21.1. The van der Waals surface area contributed by atoms with E-state index >= 15 is 0 Å². The second kappa shape index (κ2) is 10.6. The number of anilines is 1. The first kappa shape index (κ1) is 24.8. The van der Waals surface area contributed by atoms with Gasteiger partial charge in [-0.3, -0.25) is 14.9 Å². The van der Waals surface area contributed by atoms with Crippen molar-refractivity contribution < 1.29 is 23.9 Å². The lowest BCUT2D eigenvalue weighted by Gasteiger charge is -2.28. The normalized spacial score (nSPS) is 14.6. The summed E-state index contributed by atoms with van der Waals surface area (Å²) in [5.74, 6) is -0.465. The first-order valence-electron chi connectivity index (χ1n) is 12.3. The van der Waals surface area contributed by atoms with Crippen LogP contribution in [0.3, 0.4) is 0 Å². The Balaban J connectivity index is 1.51. The molecule has 1 aliphatic heterocycles. The molecule has 0 radical (unpaired) electrons. The minimum atomic E-state index is -0.778. The van der Waals surface area contributed by atoms with E-state index in [1.807, 2.05) is 61.5 Å². The lowest BCUT2D eigenvalue weighted by atomic mass is 10.0. The third-order valence-corrected chi connectivity index (χ3v) is 6.50. The molecule has 0 bridgehead atoms. The SMILES string of the molecule is CCc1ccccc1N1C(=O)NC(=O)/C(=C/c2ccc(OC)cc2OCc2cccc3ccccc23)C1=O. The molecule has 0 atom stereocenters. The van der Waals surface area contributed by atoms with Crippen molar-refractivity contribution in [2.24, 2.45) is 0 Å². The van der Waals surface area contributed by atoms with Crippen LogP contribution in [-0.2, 0) is 22.6 Å². The molecular weight excluding hydrogens is 480 g/mol. The number of fused-ring (bicyclic) bond motifs is 1. The van der Waals surface area contributed by atoms with Crippen LogP contribution in [0.5, 0.6) is 11.5 Å². The van der Waals surface area contributed by atoms with Gasteiger partial charge in [0, 0.05) is 11.6 Å². The number of rotatable bonds is 7. The summed E-state index contributed by atoms with van der Waals surface area (Å²) >= 11 is 0. The molecule has 4 aromatic rings. The fraction of sp³-hybridized carbons (Fsp3) is 0.129. The highest BCUT2D eigenvalue weighted by Crippen LogP contribution is 2.31. The van der Waals surface area contributed by atoms with Crippen LogP contribution in [0.1, 0.15) is 23.6 Å². The zero-order chi connectivity index (χ0) is 26.6. The van der Waals surface area contributed by atoms with Crippen molar-refractivity contribution in [2.75, 3.05) is 12.0 Å². The Morgan fingerprint density at radius 2 is 1.61 bits per heavy atom. The number of carbonyl (C=O) groups is 3. The summed E-state index contributed by atoms with van der Waals surface area (Å²) < 4.78 is 11.6. The van der Waals surface area contributed by atoms with Crippen LogP contribution < -0.4 is 19.7 Å². The molecule has 190 valence electrons. The van der Waals surface area contributed by atoms with E-state index in [0.29, 0.717) is 29.2 Å². The van der Waals surface area contributed by atoms with E-state index < -0.39 is 17.8 Å². The van der Waals surface area contributed by atoms with E-state index in [4.69, 9.17) is 9.47 Å². The van der Waals surface area contributed by atoms with Gasteiger partial charge in [0.2, 0.25) is 0 Å². The number of hydrogen-bond acceptors (Lipinski definition) is 5. The topological polar surface area (TPSA) is 84.9 Å². The molecule has 4 aromatic carbocycles. The third kappa shape index (κ3) is 4.74. The molecule has 0 spiro atoms. The Hall–Kier alpha value is -4.91. The van der Waals surface area contributed by atoms with Crippen molar-refractivity contribution in [1.29, 1.82) is 0 Å². The largest absolute Gasteiger partial charge is 0.497 e. The van der Waals surface area contributed by atoms with Crippen LogP contribution in [0.2, 0.25) is 0 Å². The quantitative estimate of drug-likeness (QED) is 0.258. The van der Waals surface area contributed by atoms with Crippen LogP contribution >= 0.6 is 0 Å². The molecule has 0 aliphatic carbocycles. The number of methoxy groups -OCH3 is 1. The molecule has 38 heavy (non-hydrogen) atoms. The predicted molar refractivity (Wildman–Crippen MR) is 146 cm³/mol. The highest BCUT2D eigenvalue weighted by atomic mass is 16.5. The molecule has 1 N–H and O–H groups in total. The van der Waals surface area contributed by atoms with Gasteiger partial charge in [-0.15, -0.1) is 0 Å². The number of nitrogens with one attached hydrogen (secondary N) is 1. The monoisotopic (exact) mass is 506 g/mol. The molecule has 7 nitrogen and oxygen atoms in total. The first-order valence-corrected chi connectivity index (χ1v) is 12.3. The van der Waals surface area contributed by atoms with Crippen LogP contribution in [0.25, 0.3) is 16.8 Å². The molecule has 4 amide bonds. The average Bonchev–Trinajstić information content (AvgIpc) is 2.94. The van der Waals surface area contributed by atoms with E-state index in [2.05, 4.69) is 5.32 Å². The standard InChI is InChI=1S/C31H26N2O5/c1-3-20-9-5-7-14-27(20)33-30(35)26(29(34)32-31(33)36)17-22-15-16-24(37-2)18-28(22)38-19-23-12-8-11-21-10-4-6-13-25(21)23/h4-18H,3,19H2,1-2H3,(H,32,34,36)/b26-17-. The molecule has 1 fully saturated rings. The number of barbiturate groups is 1. The molecule has 0 aromatic heterocycles. The maximum absolute atomic E-state index is 13.5. The van der Waals surface area contributed by atoms with Crippen LogP contribution in [-0.4, -0.2) is 25.0 Å². The van der Waals surface area contributed by atoms with Gasteiger partial charge in [0.25, 0.3) is 11.8 Å². The predicted octanol–water partition coefficient (Wildman–Crippen LogP) is 5.66. The molecule has 0 saturated carbocycles. The van der Waals surface area contributed by atoms with Gasteiger partial charge in [0.1, 0.15) is 23.7 Å². The van der Waals surface area contributed by atoms with Crippen molar-refractivity contribution >= 4 is 40.4 Å². The molecule has 0 unspecified atom stereocenters. The van der Waals surface area contributed by atoms with Crippen molar-refractivity contribution in [3.63, 3.8) is 0 Å². The van der Waals surface area contributed by atoms with Crippen molar-refractivity contribution in [3.8, 4) is 11.5 Å². The first-order chi connectivity index (χ1) is 18.5. The summed E-state index contributed by atoms with van der Waals surface area (Å²) in [6.45, 7) is 2.20. The number of amides is 4. The molecule has 7 heteroatoms. The number of ether oxygens (including phenoxy) is 2. The molecule has 1 aliphatic rings. The summed E-state index contributed by atoms with van der Waals surface area (Å²) in [5, 5.41) is 4.47. The lowest BCUT2D eigenvalue weighted by molar-refractivity contribution is -0.122. The van der Waals surface area contributed by atoms with Crippen LogP contribution in [0.4, 0.5) is 10.5 Å². The molecule has 1 heterocycles. The van der Waals surface area contributed by atoms with Crippen molar-refractivity contribution in [1.82, 2.24) is 5.32 Å². The van der Waals surface area contributed by atoms with E-state index in [-0.39, 0.29) is 12.2 Å². The summed E-state index contributed by atoms with van der Waals surface area (Å²) in [4.78, 5) is 40.0. The Morgan fingerprint density at radius 1 is 0.868 bits per heavy atom. The highest BCUT2D eigenvalue weighted by molar-refractivity contribution is 6.39. The third-order valence-electron chi connectivity index (χ3n) is 6.50. The van der Waals surface area contributed by atoms with E-state index in [9.17, 15) is 14.4 Å². The average molecular weight is 507 g/mol. The number of carbonyl (C=O) groups excluding carboxylic acids is 3. The minimum absolute atomic E-state index is 0.171. The smallest absolute Gasteiger partial charge is 0.335 e. The second-order valence-corrected chi connectivity index (χ2v) is 8.77. The summed E-state index contributed by atoms with van der Waals surface area (Å²) in [6, 6.07) is 25.5. The molecule has 1 saturated heterocycles. The molecular formula is C31H26N2O5. The van der Waals surface area contributed by atoms with Crippen molar-refractivity contribution in [3.05, 3.63) is 107 Å². The van der Waals surface area contributed by atoms with Gasteiger partial charge in [0.15, 0.2) is 0 Å². The highest BCUT2D eigenvalue weighted by Gasteiger charge is 2.37. The minimum Gasteiger partial charge on any atom is -0.497 e. The van der Waals surface area contributed by atoms with Crippen LogP contribution in [0.15, 0.2) is 90.5 Å². The van der Waals surface area contributed by atoms with Gasteiger partial charge in [-0.1, -0.05) is 67.6 Å². The number of imide groups is 2. The Morgan fingerprint density at radius 3 is 2.42 bits per heavy atom. The van der Waals surface area contributed by atoms with E-state index in [1.165, 1.54) is 6.08 Å². The number of nitrogens with zero attached hydrogens (tertiary/aromatic N) is 1. The van der Waals surface area contributed by atoms with Gasteiger partial charge >= 0.3 is 6.03 Å². The Bertz CT molecular complexity index is 1590. The number of aryl methyl sites for hydroxylation is 1. The lowest BCUT2D eigenvalue weighted by Crippen LogP contribution is -2.54. The number of hydrogen-bond donors (Lipinski definition) is 1. The van der Waals surface area contributed by atoms with Gasteiger partial charge in [-0.2, -0.15) is 0 Å². The number of benzene rings is 4. The van der Waals surface area contributed by atoms with E-state index in [0.717, 1.165) is 26.8 Å². The summed E-state index contributed by atoms with van der Waals surface area (Å²) in [5.41, 5.74) is 2.58. The zero-order valence-electron chi connectivity index (χ0n) is 21.1. The van der Waals surface area contributed by atoms with Gasteiger partial charge in [-0.05, 0) is 52.6 Å². The van der Waals surface area contributed by atoms with Crippen LogP contribution in [0, 0.1) is 0 Å². The fourth-order valence-corrected chi connectivity index (χ4v) is 4.52. The summed E-state index contributed by atoms with van der Waals surface area (Å²) in [7, 11) is 1.55. The Labute approximate surface area is 220 Å². The maximum Gasteiger partial charge on any atom is 0.335 e. The second-order valence-electron chi connectivity index (χ2n) is 8.77.